The Morgan fingerprint density at radius 1 is 1.35 bits per heavy atom. The van der Waals surface area contributed by atoms with Crippen molar-refractivity contribution >= 4 is 33.3 Å². The van der Waals surface area contributed by atoms with Crippen molar-refractivity contribution in [3.8, 4) is 0 Å². The van der Waals surface area contributed by atoms with Crippen LogP contribution in [0.1, 0.15) is 19.3 Å². The van der Waals surface area contributed by atoms with Gasteiger partial charge in [0, 0.05) is 35.1 Å². The lowest BCUT2D eigenvalue weighted by molar-refractivity contribution is -0.128. The molecule has 2 unspecified atom stereocenters. The van der Waals surface area contributed by atoms with Gasteiger partial charge in [0.2, 0.25) is 5.91 Å². The maximum Gasteiger partial charge on any atom is 0.238 e. The van der Waals surface area contributed by atoms with Gasteiger partial charge in [-0.3, -0.25) is 14.5 Å². The second-order valence-corrected chi connectivity index (χ2v) is 7.05. The highest BCUT2D eigenvalue weighted by Crippen LogP contribution is 2.29. The van der Waals surface area contributed by atoms with E-state index in [2.05, 4.69) is 26.1 Å². The fourth-order valence-corrected chi connectivity index (χ4v) is 3.66. The van der Waals surface area contributed by atoms with Crippen LogP contribution >= 0.6 is 15.9 Å². The molecule has 6 heteroatoms. The minimum absolute atomic E-state index is 0.0239. The highest BCUT2D eigenvalue weighted by molar-refractivity contribution is 9.10. The van der Waals surface area contributed by atoms with Crippen LogP contribution in [0.15, 0.2) is 28.7 Å². The average molecular weight is 381 g/mol. The molecular formula is C17H21BrN2O3. The van der Waals surface area contributed by atoms with Crippen molar-refractivity contribution in [3.05, 3.63) is 28.7 Å². The molecule has 124 valence electrons. The van der Waals surface area contributed by atoms with E-state index in [0.717, 1.165) is 23.0 Å². The first kappa shape index (κ1) is 16.6. The third-order valence-electron chi connectivity index (χ3n) is 4.57. The van der Waals surface area contributed by atoms with Crippen molar-refractivity contribution in [2.24, 2.45) is 5.92 Å². The van der Waals surface area contributed by atoms with Crippen molar-refractivity contribution in [3.63, 3.8) is 0 Å². The number of hydrogen-bond donors (Lipinski definition) is 1. The Bertz CT molecular complexity index is 576. The average Bonchev–Trinajstić information content (AvgIpc) is 2.96. The SMILES string of the molecule is O=C(CN1CCOCC1C1CCCC1=O)Nc1ccc(Br)cc1. The van der Waals surface area contributed by atoms with E-state index >= 15 is 0 Å². The second-order valence-electron chi connectivity index (χ2n) is 6.13. The van der Waals surface area contributed by atoms with Gasteiger partial charge in [-0.1, -0.05) is 15.9 Å². The van der Waals surface area contributed by atoms with Gasteiger partial charge in [-0.05, 0) is 37.1 Å². The number of carbonyl (C=O) groups is 2. The molecule has 23 heavy (non-hydrogen) atoms. The third kappa shape index (κ3) is 4.19. The van der Waals surface area contributed by atoms with E-state index in [4.69, 9.17) is 4.74 Å². The number of amides is 1. The minimum atomic E-state index is -0.0512. The zero-order valence-corrected chi connectivity index (χ0v) is 14.5. The van der Waals surface area contributed by atoms with Crippen LogP contribution in [-0.2, 0) is 14.3 Å². The molecule has 2 aliphatic rings. The van der Waals surface area contributed by atoms with Gasteiger partial charge < -0.3 is 10.1 Å². The summed E-state index contributed by atoms with van der Waals surface area (Å²) in [6.07, 6.45) is 2.54. The molecule has 1 aliphatic carbocycles. The highest BCUT2D eigenvalue weighted by atomic mass is 79.9. The molecule has 0 aromatic heterocycles. The van der Waals surface area contributed by atoms with E-state index in [1.807, 2.05) is 24.3 Å². The van der Waals surface area contributed by atoms with Gasteiger partial charge in [0.1, 0.15) is 5.78 Å². The first-order chi connectivity index (χ1) is 11.1. The monoisotopic (exact) mass is 380 g/mol. The Balaban J connectivity index is 1.61. The third-order valence-corrected chi connectivity index (χ3v) is 5.10. The molecule has 1 saturated carbocycles. The largest absolute Gasteiger partial charge is 0.378 e. The Morgan fingerprint density at radius 3 is 2.83 bits per heavy atom. The Kier molecular flexibility index (Phi) is 5.46. The van der Waals surface area contributed by atoms with Crippen molar-refractivity contribution in [2.75, 3.05) is 31.6 Å². The number of halogens is 1. The molecule has 5 nitrogen and oxygen atoms in total. The van der Waals surface area contributed by atoms with Crippen LogP contribution in [0.5, 0.6) is 0 Å². The van der Waals surface area contributed by atoms with Gasteiger partial charge in [0.25, 0.3) is 0 Å². The predicted octanol–water partition coefficient (Wildman–Crippen LogP) is 2.46. The lowest BCUT2D eigenvalue weighted by Crippen LogP contribution is -2.52. The number of anilines is 1. The Morgan fingerprint density at radius 2 is 2.13 bits per heavy atom. The predicted molar refractivity (Wildman–Crippen MR) is 91.3 cm³/mol. The van der Waals surface area contributed by atoms with E-state index in [9.17, 15) is 9.59 Å². The van der Waals surface area contributed by atoms with Crippen LogP contribution in [0.4, 0.5) is 5.69 Å². The normalized spacial score (nSPS) is 25.5. The van der Waals surface area contributed by atoms with Gasteiger partial charge in [-0.2, -0.15) is 0 Å². The number of carbonyl (C=O) groups excluding carboxylic acids is 2. The highest BCUT2D eigenvalue weighted by Gasteiger charge is 2.37. The molecule has 1 aromatic carbocycles. The zero-order valence-electron chi connectivity index (χ0n) is 13.0. The topological polar surface area (TPSA) is 58.6 Å². The summed E-state index contributed by atoms with van der Waals surface area (Å²) >= 11 is 3.38. The molecule has 0 radical (unpaired) electrons. The first-order valence-electron chi connectivity index (χ1n) is 8.03. The molecule has 0 spiro atoms. The quantitative estimate of drug-likeness (QED) is 0.871. The number of nitrogens with zero attached hydrogens (tertiary/aromatic N) is 1. The van der Waals surface area contributed by atoms with Crippen LogP contribution in [0.3, 0.4) is 0 Å². The maximum atomic E-state index is 12.3. The van der Waals surface area contributed by atoms with Gasteiger partial charge in [-0.15, -0.1) is 0 Å². The Hall–Kier alpha value is -1.24. The molecule has 1 N–H and O–H groups in total. The zero-order chi connectivity index (χ0) is 16.2. The minimum Gasteiger partial charge on any atom is -0.378 e. The van der Waals surface area contributed by atoms with Crippen molar-refractivity contribution in [2.45, 2.75) is 25.3 Å². The number of hydrogen-bond acceptors (Lipinski definition) is 4. The number of benzene rings is 1. The van der Waals surface area contributed by atoms with E-state index in [1.165, 1.54) is 0 Å². The van der Waals surface area contributed by atoms with Crippen LogP contribution < -0.4 is 5.32 Å². The number of Topliss-reactive ketones (excluding diaryl/α,β-unsaturated/α-hetero) is 1. The van der Waals surface area contributed by atoms with Gasteiger partial charge in [0.05, 0.1) is 19.8 Å². The molecular weight excluding hydrogens is 360 g/mol. The van der Waals surface area contributed by atoms with Crippen LogP contribution in [-0.4, -0.2) is 48.9 Å². The van der Waals surface area contributed by atoms with Crippen molar-refractivity contribution in [1.29, 1.82) is 0 Å². The summed E-state index contributed by atoms with van der Waals surface area (Å²) in [5.74, 6) is 0.291. The lowest BCUT2D eigenvalue weighted by Gasteiger charge is -2.37. The summed E-state index contributed by atoms with van der Waals surface area (Å²) in [5, 5.41) is 2.91. The van der Waals surface area contributed by atoms with Crippen LogP contribution in [0.25, 0.3) is 0 Å². The molecule has 1 aliphatic heterocycles. The first-order valence-corrected chi connectivity index (χ1v) is 8.83. The van der Waals surface area contributed by atoms with E-state index in [1.54, 1.807) is 0 Å². The summed E-state index contributed by atoms with van der Waals surface area (Å²) < 4.78 is 6.53. The summed E-state index contributed by atoms with van der Waals surface area (Å²) in [6.45, 7) is 2.15. The second kappa shape index (κ2) is 7.55. The number of rotatable bonds is 4. The molecule has 1 saturated heterocycles. The molecule has 1 amide bonds. The number of morpholine rings is 1. The van der Waals surface area contributed by atoms with Crippen LogP contribution in [0, 0.1) is 5.92 Å². The van der Waals surface area contributed by atoms with Gasteiger partial charge >= 0.3 is 0 Å². The van der Waals surface area contributed by atoms with E-state index in [-0.39, 0.29) is 17.9 Å². The molecule has 1 aromatic rings. The van der Waals surface area contributed by atoms with Crippen molar-refractivity contribution < 1.29 is 14.3 Å². The molecule has 2 fully saturated rings. The summed E-state index contributed by atoms with van der Waals surface area (Å²) in [5.41, 5.74) is 0.778. The molecule has 3 rings (SSSR count). The van der Waals surface area contributed by atoms with Gasteiger partial charge in [0.15, 0.2) is 0 Å². The maximum absolute atomic E-state index is 12.3. The molecule has 1 heterocycles. The summed E-state index contributed by atoms with van der Waals surface area (Å²) in [6, 6.07) is 7.54. The molecule has 0 bridgehead atoms. The summed E-state index contributed by atoms with van der Waals surface area (Å²) in [4.78, 5) is 26.5. The summed E-state index contributed by atoms with van der Waals surface area (Å²) in [7, 11) is 0. The number of ether oxygens (including phenoxy) is 1. The fraction of sp³-hybridized carbons (Fsp3) is 0.529. The van der Waals surface area contributed by atoms with Crippen LogP contribution in [0.2, 0.25) is 0 Å². The molecule has 2 atom stereocenters. The van der Waals surface area contributed by atoms with E-state index < -0.39 is 0 Å². The standard InChI is InChI=1S/C17H21BrN2O3/c18-12-4-6-13(7-5-12)19-17(22)10-20-8-9-23-11-15(20)14-2-1-3-16(14)21/h4-7,14-15H,1-3,8-11H2,(H,19,22). The fourth-order valence-electron chi connectivity index (χ4n) is 3.39. The number of nitrogens with one attached hydrogen (secondary N) is 1. The number of ketones is 1. The smallest absolute Gasteiger partial charge is 0.238 e. The van der Waals surface area contributed by atoms with Gasteiger partial charge in [-0.25, -0.2) is 0 Å². The van der Waals surface area contributed by atoms with Crippen molar-refractivity contribution in [1.82, 2.24) is 4.90 Å². The Labute approximate surface area is 144 Å². The van der Waals surface area contributed by atoms with E-state index in [0.29, 0.717) is 38.5 Å². The lowest BCUT2D eigenvalue weighted by atomic mass is 9.95.